The van der Waals surface area contributed by atoms with E-state index in [2.05, 4.69) is 4.98 Å². The molecule has 8 heteroatoms. The van der Waals surface area contributed by atoms with E-state index < -0.39 is 35.1 Å². The lowest BCUT2D eigenvalue weighted by atomic mass is 9.62. The number of aliphatic hydroxyl groups is 3. The van der Waals surface area contributed by atoms with Crippen LogP contribution in [-0.2, 0) is 22.6 Å². The Morgan fingerprint density at radius 3 is 2.59 bits per heavy atom. The molecule has 1 aromatic carbocycles. The number of ketones is 3. The molecule has 0 saturated carbocycles. The maximum absolute atomic E-state index is 13.6. The fraction of sp³-hybridized carbons (Fsp3) is 0.308. The molecule has 0 spiro atoms. The number of hydrogen-bond acceptors (Lipinski definition) is 8. The Balaban J connectivity index is 1.64. The first kappa shape index (κ1) is 22.0. The molecule has 3 aliphatic rings. The van der Waals surface area contributed by atoms with Crippen LogP contribution in [0.25, 0.3) is 11.1 Å². The van der Waals surface area contributed by atoms with Crippen LogP contribution in [0, 0.1) is 17.8 Å². The van der Waals surface area contributed by atoms with E-state index in [4.69, 9.17) is 0 Å². The number of phenols is 1. The fourth-order valence-corrected chi connectivity index (χ4v) is 5.74. The van der Waals surface area contributed by atoms with Gasteiger partial charge in [0.25, 0.3) is 0 Å². The molecule has 0 fully saturated rings. The van der Waals surface area contributed by atoms with Crippen molar-refractivity contribution in [2.24, 2.45) is 17.8 Å². The molecule has 0 bridgehead atoms. The number of carbonyl (C=O) groups is 3. The average molecular weight is 461 g/mol. The van der Waals surface area contributed by atoms with E-state index in [1.807, 2.05) is 0 Å². The highest BCUT2D eigenvalue weighted by Crippen LogP contribution is 2.50. The maximum atomic E-state index is 13.6. The van der Waals surface area contributed by atoms with E-state index in [-0.39, 0.29) is 47.0 Å². The largest absolute Gasteiger partial charge is 0.511 e. The van der Waals surface area contributed by atoms with Gasteiger partial charge in [0.1, 0.15) is 17.3 Å². The summed E-state index contributed by atoms with van der Waals surface area (Å²) in [6.45, 7) is 0.988. The highest BCUT2D eigenvalue weighted by molar-refractivity contribution is 6.22. The van der Waals surface area contributed by atoms with Gasteiger partial charge < -0.3 is 20.4 Å². The van der Waals surface area contributed by atoms with Crippen molar-refractivity contribution in [1.29, 1.82) is 0 Å². The van der Waals surface area contributed by atoms with Crippen molar-refractivity contribution >= 4 is 17.3 Å². The molecular formula is C26H23NO7. The number of aromatic hydroxyl groups is 1. The summed E-state index contributed by atoms with van der Waals surface area (Å²) < 4.78 is 0. The lowest BCUT2D eigenvalue weighted by Gasteiger charge is -2.41. The van der Waals surface area contributed by atoms with E-state index in [9.17, 15) is 34.8 Å². The van der Waals surface area contributed by atoms with Crippen LogP contribution in [0.2, 0.25) is 0 Å². The minimum Gasteiger partial charge on any atom is -0.511 e. The first-order chi connectivity index (χ1) is 16.2. The monoisotopic (exact) mass is 461 g/mol. The van der Waals surface area contributed by atoms with Crippen molar-refractivity contribution in [1.82, 2.24) is 4.98 Å². The number of aromatic nitrogens is 1. The molecule has 1 aromatic heterocycles. The lowest BCUT2D eigenvalue weighted by molar-refractivity contribution is -0.125. The number of allylic oxidation sites excluding steroid dienone is 4. The molecule has 34 heavy (non-hydrogen) atoms. The molecule has 5 rings (SSSR count). The summed E-state index contributed by atoms with van der Waals surface area (Å²) in [6.07, 6.45) is 3.91. The van der Waals surface area contributed by atoms with Gasteiger partial charge in [0.2, 0.25) is 0 Å². The van der Waals surface area contributed by atoms with Crippen LogP contribution in [0.5, 0.6) is 5.75 Å². The normalized spacial score (nSPS) is 24.0. The molecule has 0 saturated heterocycles. The Morgan fingerprint density at radius 2 is 1.88 bits per heavy atom. The second-order valence-electron chi connectivity index (χ2n) is 9.17. The molecule has 0 aliphatic heterocycles. The highest BCUT2D eigenvalue weighted by Gasteiger charge is 2.50. The molecule has 3 atom stereocenters. The van der Waals surface area contributed by atoms with E-state index in [0.29, 0.717) is 35.1 Å². The summed E-state index contributed by atoms with van der Waals surface area (Å²) >= 11 is 0. The zero-order valence-electron chi connectivity index (χ0n) is 18.4. The summed E-state index contributed by atoms with van der Waals surface area (Å²) in [7, 11) is 0. The molecule has 3 unspecified atom stereocenters. The number of hydrogen-bond donors (Lipinski definition) is 4. The van der Waals surface area contributed by atoms with E-state index in [1.54, 1.807) is 18.3 Å². The summed E-state index contributed by atoms with van der Waals surface area (Å²) in [5.74, 6) is -4.62. The first-order valence-corrected chi connectivity index (χ1v) is 11.1. The van der Waals surface area contributed by atoms with Gasteiger partial charge in [0.05, 0.1) is 23.7 Å². The molecule has 174 valence electrons. The van der Waals surface area contributed by atoms with Gasteiger partial charge >= 0.3 is 0 Å². The Kier molecular flexibility index (Phi) is 5.13. The van der Waals surface area contributed by atoms with Crippen LogP contribution < -0.4 is 0 Å². The predicted molar refractivity (Wildman–Crippen MR) is 120 cm³/mol. The van der Waals surface area contributed by atoms with Crippen LogP contribution in [0.3, 0.4) is 0 Å². The number of carbonyl (C=O) groups excluding carboxylic acids is 3. The number of fused-ring (bicyclic) bond motifs is 3. The van der Waals surface area contributed by atoms with Gasteiger partial charge in [-0.1, -0.05) is 6.07 Å². The Bertz CT molecular complexity index is 1340. The number of Topliss-reactive ketones (excluding diaryl/α,β-unsaturated/α-hetero) is 3. The minimum absolute atomic E-state index is 0.0650. The topological polar surface area (TPSA) is 145 Å². The molecule has 0 radical (unpaired) electrons. The van der Waals surface area contributed by atoms with Gasteiger partial charge in [-0.05, 0) is 60.4 Å². The van der Waals surface area contributed by atoms with Gasteiger partial charge in [0.15, 0.2) is 17.3 Å². The summed E-state index contributed by atoms with van der Waals surface area (Å²) in [5.41, 5.74) is 2.40. The predicted octanol–water partition coefficient (Wildman–Crippen LogP) is 3.12. The maximum Gasteiger partial charge on any atom is 0.196 e. The highest BCUT2D eigenvalue weighted by atomic mass is 16.3. The quantitative estimate of drug-likeness (QED) is 0.510. The molecule has 0 amide bonds. The third-order valence-corrected chi connectivity index (χ3v) is 7.16. The zero-order valence-corrected chi connectivity index (χ0v) is 18.4. The van der Waals surface area contributed by atoms with Gasteiger partial charge in [-0.15, -0.1) is 0 Å². The number of nitrogens with zero attached hydrogens (tertiary/aromatic N) is 1. The Hall–Kier alpha value is -3.78. The SMILES string of the molecule is CC(=O)C1=C(O)CC2CC3Cc4c(-c5cncc(CO)c5)ccc(O)c4C(=O)C3=C(O)C2C1=O. The fourth-order valence-electron chi connectivity index (χ4n) is 5.74. The average Bonchev–Trinajstić information content (AvgIpc) is 2.78. The van der Waals surface area contributed by atoms with Crippen LogP contribution in [0.1, 0.15) is 41.3 Å². The number of aliphatic hydroxyl groups excluding tert-OH is 3. The standard InChI is InChI=1S/C26H23NO7/c1-11(29)20-19(31)7-14-5-13-6-17-16(15-4-12(10-28)8-27-9-15)2-3-18(30)23(17)26(34)21(13)25(33)22(14)24(20)32/h2-4,8-9,13-14,22,28,30-31,33H,5-7,10H2,1H3. The number of rotatable bonds is 3. The Labute approximate surface area is 194 Å². The van der Waals surface area contributed by atoms with Crippen LogP contribution in [0.15, 0.2) is 53.3 Å². The summed E-state index contributed by atoms with van der Waals surface area (Å²) in [6, 6.07) is 4.86. The van der Waals surface area contributed by atoms with Gasteiger partial charge in [-0.2, -0.15) is 0 Å². The summed E-state index contributed by atoms with van der Waals surface area (Å²) in [4.78, 5) is 42.6. The molecule has 3 aliphatic carbocycles. The van der Waals surface area contributed by atoms with Crippen molar-refractivity contribution < 1.29 is 34.8 Å². The molecule has 2 aromatic rings. The van der Waals surface area contributed by atoms with Crippen LogP contribution in [0.4, 0.5) is 0 Å². The molecule has 4 N–H and O–H groups in total. The van der Waals surface area contributed by atoms with Crippen molar-refractivity contribution in [3.8, 4) is 16.9 Å². The molecule has 1 heterocycles. The molecule has 8 nitrogen and oxygen atoms in total. The van der Waals surface area contributed by atoms with Gasteiger partial charge in [-0.25, -0.2) is 0 Å². The van der Waals surface area contributed by atoms with Crippen molar-refractivity contribution in [3.05, 3.63) is 69.9 Å². The van der Waals surface area contributed by atoms with E-state index >= 15 is 0 Å². The third kappa shape index (κ3) is 3.17. The zero-order chi connectivity index (χ0) is 24.3. The summed E-state index contributed by atoms with van der Waals surface area (Å²) in [5, 5.41) is 41.5. The molecular weight excluding hydrogens is 438 g/mol. The number of phenolic OH excluding ortho intramolecular Hbond substituents is 1. The van der Waals surface area contributed by atoms with Crippen molar-refractivity contribution in [3.63, 3.8) is 0 Å². The van der Waals surface area contributed by atoms with Crippen molar-refractivity contribution in [2.45, 2.75) is 32.8 Å². The van der Waals surface area contributed by atoms with Crippen molar-refractivity contribution in [2.75, 3.05) is 0 Å². The smallest absolute Gasteiger partial charge is 0.196 e. The first-order valence-electron chi connectivity index (χ1n) is 11.1. The van der Waals surface area contributed by atoms with E-state index in [1.165, 1.54) is 19.2 Å². The Morgan fingerprint density at radius 1 is 1.12 bits per heavy atom. The minimum atomic E-state index is -1.07. The van der Waals surface area contributed by atoms with Gasteiger partial charge in [0, 0.05) is 30.0 Å². The van der Waals surface area contributed by atoms with Crippen LogP contribution >= 0.6 is 0 Å². The number of pyridine rings is 1. The van der Waals surface area contributed by atoms with Gasteiger partial charge in [-0.3, -0.25) is 19.4 Å². The van der Waals surface area contributed by atoms with E-state index in [0.717, 1.165) is 0 Å². The second-order valence-corrected chi connectivity index (χ2v) is 9.17. The lowest BCUT2D eigenvalue weighted by Crippen LogP contribution is -2.42. The third-order valence-electron chi connectivity index (χ3n) is 7.16. The van der Waals surface area contributed by atoms with Crippen LogP contribution in [-0.4, -0.2) is 42.8 Å². The number of benzene rings is 1. The second kappa shape index (κ2) is 7.92.